The first-order chi connectivity index (χ1) is 7.26. The molecule has 0 aliphatic heterocycles. The number of thiophene rings is 1. The minimum absolute atomic E-state index is 0.442. The van der Waals surface area contributed by atoms with Crippen molar-refractivity contribution in [2.75, 3.05) is 13.7 Å². The number of rotatable bonds is 6. The molecule has 0 saturated carbocycles. The summed E-state index contributed by atoms with van der Waals surface area (Å²) in [6.45, 7) is 3.75. The number of methoxy groups -OCH3 is 1. The maximum atomic E-state index is 8.67. The summed E-state index contributed by atoms with van der Waals surface area (Å²) in [6.07, 6.45) is 1.01. The van der Waals surface area contributed by atoms with Gasteiger partial charge in [-0.1, -0.05) is 0 Å². The third kappa shape index (κ3) is 4.43. The van der Waals surface area contributed by atoms with Crippen LogP contribution in [0.2, 0.25) is 0 Å². The second-order valence-corrected chi connectivity index (χ2v) is 4.61. The Labute approximate surface area is 94.7 Å². The minimum atomic E-state index is 0.442. The van der Waals surface area contributed by atoms with Crippen LogP contribution in [0.15, 0.2) is 12.1 Å². The van der Waals surface area contributed by atoms with E-state index in [1.807, 2.05) is 12.1 Å². The van der Waals surface area contributed by atoms with Crippen LogP contribution >= 0.6 is 11.3 Å². The smallest absolute Gasteiger partial charge is 0.110 e. The Bertz CT molecular complexity index is 330. The summed E-state index contributed by atoms with van der Waals surface area (Å²) < 4.78 is 5.01. The van der Waals surface area contributed by atoms with Gasteiger partial charge in [-0.2, -0.15) is 5.26 Å². The fourth-order valence-electron chi connectivity index (χ4n) is 1.20. The molecule has 4 heteroatoms. The van der Waals surface area contributed by atoms with E-state index < -0.39 is 0 Å². The molecule has 0 aliphatic carbocycles. The van der Waals surface area contributed by atoms with Crippen molar-refractivity contribution < 1.29 is 4.74 Å². The van der Waals surface area contributed by atoms with E-state index in [9.17, 15) is 0 Å². The zero-order valence-electron chi connectivity index (χ0n) is 9.12. The van der Waals surface area contributed by atoms with E-state index in [4.69, 9.17) is 10.00 Å². The third-order valence-corrected chi connectivity index (χ3v) is 3.14. The monoisotopic (exact) mass is 224 g/mol. The molecule has 82 valence electrons. The fourth-order valence-corrected chi connectivity index (χ4v) is 1.96. The van der Waals surface area contributed by atoms with Gasteiger partial charge in [-0.05, 0) is 25.5 Å². The molecule has 0 aliphatic rings. The summed E-state index contributed by atoms with van der Waals surface area (Å²) in [7, 11) is 1.71. The normalized spacial score (nSPS) is 12.3. The summed E-state index contributed by atoms with van der Waals surface area (Å²) in [4.78, 5) is 1.98. The maximum absolute atomic E-state index is 8.67. The predicted molar refractivity (Wildman–Crippen MR) is 61.8 cm³/mol. The average molecular weight is 224 g/mol. The molecule has 0 radical (unpaired) electrons. The van der Waals surface area contributed by atoms with Crippen molar-refractivity contribution in [3.63, 3.8) is 0 Å². The molecule has 15 heavy (non-hydrogen) atoms. The topological polar surface area (TPSA) is 45.0 Å². The Morgan fingerprint density at radius 1 is 1.60 bits per heavy atom. The van der Waals surface area contributed by atoms with Crippen molar-refractivity contribution in [2.45, 2.75) is 25.9 Å². The van der Waals surface area contributed by atoms with Crippen LogP contribution < -0.4 is 5.32 Å². The fraction of sp³-hybridized carbons (Fsp3) is 0.545. The molecule has 1 heterocycles. The van der Waals surface area contributed by atoms with Gasteiger partial charge in [-0.3, -0.25) is 0 Å². The number of hydrogen-bond acceptors (Lipinski definition) is 4. The molecule has 1 aromatic rings. The van der Waals surface area contributed by atoms with Gasteiger partial charge in [0, 0.05) is 31.2 Å². The number of ether oxygens (including phenoxy) is 1. The third-order valence-electron chi connectivity index (χ3n) is 2.15. The van der Waals surface area contributed by atoms with E-state index in [0.29, 0.717) is 6.04 Å². The quantitative estimate of drug-likeness (QED) is 0.805. The lowest BCUT2D eigenvalue weighted by atomic mass is 10.2. The molecular formula is C11H16N2OS. The SMILES string of the molecule is COCCC(C)NCc1ccc(C#N)s1. The van der Waals surface area contributed by atoms with Gasteiger partial charge in [0.25, 0.3) is 0 Å². The van der Waals surface area contributed by atoms with Crippen LogP contribution in [0.1, 0.15) is 23.1 Å². The highest BCUT2D eigenvalue weighted by molar-refractivity contribution is 7.12. The molecule has 0 spiro atoms. The molecule has 0 bridgehead atoms. The number of hydrogen-bond donors (Lipinski definition) is 1. The van der Waals surface area contributed by atoms with Gasteiger partial charge in [-0.25, -0.2) is 0 Å². The highest BCUT2D eigenvalue weighted by Gasteiger charge is 2.03. The summed E-state index contributed by atoms with van der Waals surface area (Å²) in [5, 5.41) is 12.1. The molecule has 1 unspecified atom stereocenters. The van der Waals surface area contributed by atoms with Gasteiger partial charge < -0.3 is 10.1 Å². The lowest BCUT2D eigenvalue weighted by Gasteiger charge is -2.11. The van der Waals surface area contributed by atoms with Gasteiger partial charge in [-0.15, -0.1) is 11.3 Å². The van der Waals surface area contributed by atoms with E-state index in [1.165, 1.54) is 4.88 Å². The summed E-state index contributed by atoms with van der Waals surface area (Å²) in [6, 6.07) is 6.44. The molecular weight excluding hydrogens is 208 g/mol. The van der Waals surface area contributed by atoms with Crippen molar-refractivity contribution in [3.05, 3.63) is 21.9 Å². The van der Waals surface area contributed by atoms with Crippen molar-refractivity contribution in [2.24, 2.45) is 0 Å². The summed E-state index contributed by atoms with van der Waals surface area (Å²) in [5.41, 5.74) is 0. The highest BCUT2D eigenvalue weighted by Crippen LogP contribution is 2.15. The molecule has 1 rings (SSSR count). The molecule has 0 aromatic carbocycles. The zero-order valence-corrected chi connectivity index (χ0v) is 9.93. The van der Waals surface area contributed by atoms with Crippen LogP contribution in [0, 0.1) is 11.3 Å². The first kappa shape index (κ1) is 12.2. The van der Waals surface area contributed by atoms with Gasteiger partial charge in [0.15, 0.2) is 0 Å². The highest BCUT2D eigenvalue weighted by atomic mass is 32.1. The molecule has 0 fully saturated rings. The van der Waals surface area contributed by atoms with Crippen molar-refractivity contribution >= 4 is 11.3 Å². The Hall–Kier alpha value is -0.890. The first-order valence-corrected chi connectivity index (χ1v) is 5.79. The molecule has 3 nitrogen and oxygen atoms in total. The predicted octanol–water partition coefficient (Wildman–Crippen LogP) is 2.13. The summed E-state index contributed by atoms with van der Waals surface area (Å²) >= 11 is 1.54. The van der Waals surface area contributed by atoms with E-state index in [0.717, 1.165) is 24.4 Å². The number of nitriles is 1. The van der Waals surface area contributed by atoms with E-state index in [2.05, 4.69) is 18.3 Å². The van der Waals surface area contributed by atoms with E-state index >= 15 is 0 Å². The Morgan fingerprint density at radius 3 is 3.00 bits per heavy atom. The van der Waals surface area contributed by atoms with Gasteiger partial charge in [0.1, 0.15) is 10.9 Å². The van der Waals surface area contributed by atoms with Crippen LogP contribution in [0.5, 0.6) is 0 Å². The van der Waals surface area contributed by atoms with Gasteiger partial charge >= 0.3 is 0 Å². The maximum Gasteiger partial charge on any atom is 0.110 e. The Balaban J connectivity index is 2.27. The molecule has 1 aromatic heterocycles. The second kappa shape index (κ2) is 6.57. The van der Waals surface area contributed by atoms with Crippen molar-refractivity contribution in [3.8, 4) is 6.07 Å². The molecule has 1 atom stereocenters. The van der Waals surface area contributed by atoms with E-state index in [-0.39, 0.29) is 0 Å². The average Bonchev–Trinajstić information content (AvgIpc) is 2.71. The lowest BCUT2D eigenvalue weighted by molar-refractivity contribution is 0.185. The first-order valence-electron chi connectivity index (χ1n) is 4.97. The van der Waals surface area contributed by atoms with Gasteiger partial charge in [0.05, 0.1) is 0 Å². The molecule has 0 amide bonds. The van der Waals surface area contributed by atoms with E-state index in [1.54, 1.807) is 18.4 Å². The number of nitrogens with one attached hydrogen (secondary N) is 1. The van der Waals surface area contributed by atoms with Crippen LogP contribution in [-0.2, 0) is 11.3 Å². The van der Waals surface area contributed by atoms with Crippen molar-refractivity contribution in [1.82, 2.24) is 5.32 Å². The van der Waals surface area contributed by atoms with Crippen LogP contribution in [0.25, 0.3) is 0 Å². The standard InChI is InChI=1S/C11H16N2OS/c1-9(5-6-14-2)13-8-11-4-3-10(7-12)15-11/h3-4,9,13H,5-6,8H2,1-2H3. The minimum Gasteiger partial charge on any atom is -0.385 e. The summed E-state index contributed by atoms with van der Waals surface area (Å²) in [5.74, 6) is 0. The Morgan fingerprint density at radius 2 is 2.40 bits per heavy atom. The molecule has 1 N–H and O–H groups in total. The molecule has 0 saturated heterocycles. The lowest BCUT2D eigenvalue weighted by Crippen LogP contribution is -2.26. The number of nitrogens with zero attached hydrogens (tertiary/aromatic N) is 1. The van der Waals surface area contributed by atoms with Crippen LogP contribution in [0.4, 0.5) is 0 Å². The van der Waals surface area contributed by atoms with Gasteiger partial charge in [0.2, 0.25) is 0 Å². The second-order valence-electron chi connectivity index (χ2n) is 3.44. The van der Waals surface area contributed by atoms with Crippen molar-refractivity contribution in [1.29, 1.82) is 5.26 Å². The zero-order chi connectivity index (χ0) is 11.1. The van der Waals surface area contributed by atoms with Crippen LogP contribution in [0.3, 0.4) is 0 Å². The van der Waals surface area contributed by atoms with Crippen LogP contribution in [-0.4, -0.2) is 19.8 Å². The largest absolute Gasteiger partial charge is 0.385 e. The Kier molecular flexibility index (Phi) is 5.33.